The zero-order valence-corrected chi connectivity index (χ0v) is 13.9. The molecule has 120 valence electrons. The number of hydrogen-bond donors (Lipinski definition) is 1. The van der Waals surface area contributed by atoms with E-state index in [4.69, 9.17) is 0 Å². The lowest BCUT2D eigenvalue weighted by atomic mass is 10.0. The van der Waals surface area contributed by atoms with Crippen LogP contribution in [0.1, 0.15) is 36.2 Å². The summed E-state index contributed by atoms with van der Waals surface area (Å²) in [6.07, 6.45) is 4.05. The number of nitrogens with one attached hydrogen (secondary N) is 1. The van der Waals surface area contributed by atoms with Crippen LogP contribution < -0.4 is 0 Å². The minimum atomic E-state index is -3.48. The van der Waals surface area contributed by atoms with Gasteiger partial charge < -0.3 is 0 Å². The van der Waals surface area contributed by atoms with E-state index in [1.807, 2.05) is 13.8 Å². The Morgan fingerprint density at radius 2 is 2.14 bits per heavy atom. The average Bonchev–Trinajstić information content (AvgIpc) is 3.17. The van der Waals surface area contributed by atoms with E-state index < -0.39 is 10.0 Å². The molecule has 1 fully saturated rings. The standard InChI is InChI=1S/C14H21N5O2S/c1-4-19-11(3)13(8-16-19)22(20,21)18-6-5-12(9-18)14-10(2)7-15-17-14/h7-8,12H,4-6,9H2,1-3H3,(H,15,17)/t12-/m1/s1. The highest BCUT2D eigenvalue weighted by Gasteiger charge is 2.36. The fourth-order valence-corrected chi connectivity index (χ4v) is 4.75. The van der Waals surface area contributed by atoms with Crippen molar-refractivity contribution in [3.63, 3.8) is 0 Å². The Balaban J connectivity index is 1.85. The Morgan fingerprint density at radius 3 is 2.73 bits per heavy atom. The maximum absolute atomic E-state index is 12.8. The van der Waals surface area contributed by atoms with Gasteiger partial charge in [0.05, 0.1) is 18.1 Å². The van der Waals surface area contributed by atoms with E-state index in [1.54, 1.807) is 22.1 Å². The fourth-order valence-electron chi connectivity index (χ4n) is 3.09. The SMILES string of the molecule is CCn1ncc(S(=O)(=O)N2CC[C@@H](c3[nH]ncc3C)C2)c1C. The molecule has 0 bridgehead atoms. The van der Waals surface area contributed by atoms with E-state index in [1.165, 1.54) is 6.20 Å². The number of H-pyrrole nitrogens is 1. The van der Waals surface area contributed by atoms with Gasteiger partial charge in [-0.25, -0.2) is 8.42 Å². The van der Waals surface area contributed by atoms with Crippen molar-refractivity contribution in [2.45, 2.75) is 44.6 Å². The summed E-state index contributed by atoms with van der Waals surface area (Å²) >= 11 is 0. The first-order valence-electron chi connectivity index (χ1n) is 7.47. The monoisotopic (exact) mass is 323 g/mol. The number of rotatable bonds is 4. The molecule has 2 aromatic rings. The van der Waals surface area contributed by atoms with Crippen LogP contribution >= 0.6 is 0 Å². The van der Waals surface area contributed by atoms with Gasteiger partial charge in [0.15, 0.2) is 0 Å². The zero-order chi connectivity index (χ0) is 15.9. The number of aromatic nitrogens is 4. The van der Waals surface area contributed by atoms with E-state index in [0.717, 1.165) is 17.7 Å². The number of sulfonamides is 1. The smallest absolute Gasteiger partial charge is 0.246 e. The lowest BCUT2D eigenvalue weighted by molar-refractivity contribution is 0.471. The van der Waals surface area contributed by atoms with Crippen LogP contribution in [-0.2, 0) is 16.6 Å². The molecule has 0 radical (unpaired) electrons. The highest BCUT2D eigenvalue weighted by molar-refractivity contribution is 7.89. The molecule has 3 heterocycles. The summed E-state index contributed by atoms with van der Waals surface area (Å²) in [5.41, 5.74) is 2.82. The minimum absolute atomic E-state index is 0.179. The Kier molecular flexibility index (Phi) is 3.82. The Labute approximate surface area is 130 Å². The van der Waals surface area contributed by atoms with Gasteiger partial charge in [-0.3, -0.25) is 9.78 Å². The van der Waals surface area contributed by atoms with Crippen molar-refractivity contribution in [3.05, 3.63) is 29.3 Å². The summed E-state index contributed by atoms with van der Waals surface area (Å²) < 4.78 is 28.9. The maximum Gasteiger partial charge on any atom is 0.246 e. The first kappa shape index (κ1) is 15.2. The largest absolute Gasteiger partial charge is 0.282 e. The van der Waals surface area contributed by atoms with E-state index in [0.29, 0.717) is 30.2 Å². The van der Waals surface area contributed by atoms with Gasteiger partial charge >= 0.3 is 0 Å². The van der Waals surface area contributed by atoms with Crippen LogP contribution in [0.3, 0.4) is 0 Å². The van der Waals surface area contributed by atoms with E-state index in [9.17, 15) is 8.42 Å². The van der Waals surface area contributed by atoms with Crippen molar-refractivity contribution >= 4 is 10.0 Å². The van der Waals surface area contributed by atoms with Crippen molar-refractivity contribution in [2.75, 3.05) is 13.1 Å². The van der Waals surface area contributed by atoms with Crippen LogP contribution in [0.5, 0.6) is 0 Å². The molecular weight excluding hydrogens is 302 g/mol. The molecule has 7 nitrogen and oxygen atoms in total. The fraction of sp³-hybridized carbons (Fsp3) is 0.571. The number of nitrogens with zero attached hydrogens (tertiary/aromatic N) is 4. The minimum Gasteiger partial charge on any atom is -0.282 e. The van der Waals surface area contributed by atoms with Crippen LogP contribution in [0.2, 0.25) is 0 Å². The quantitative estimate of drug-likeness (QED) is 0.922. The van der Waals surface area contributed by atoms with Crippen LogP contribution in [0.4, 0.5) is 0 Å². The average molecular weight is 323 g/mol. The summed E-state index contributed by atoms with van der Waals surface area (Å²) in [6.45, 7) is 7.42. The molecule has 0 aliphatic carbocycles. The first-order valence-corrected chi connectivity index (χ1v) is 8.91. The predicted octanol–water partition coefficient (Wildman–Crippen LogP) is 1.42. The van der Waals surface area contributed by atoms with Gasteiger partial charge in [0, 0.05) is 31.2 Å². The molecule has 1 aliphatic rings. The molecule has 2 aromatic heterocycles. The van der Waals surface area contributed by atoms with E-state index in [2.05, 4.69) is 15.3 Å². The van der Waals surface area contributed by atoms with Crippen LogP contribution in [0.15, 0.2) is 17.3 Å². The summed E-state index contributed by atoms with van der Waals surface area (Å²) in [4.78, 5) is 0.316. The molecule has 0 spiro atoms. The highest BCUT2D eigenvalue weighted by atomic mass is 32.2. The van der Waals surface area contributed by atoms with Gasteiger partial charge in [-0.2, -0.15) is 14.5 Å². The lowest BCUT2D eigenvalue weighted by Crippen LogP contribution is -2.29. The Morgan fingerprint density at radius 1 is 1.36 bits per heavy atom. The number of aryl methyl sites for hydroxylation is 2. The van der Waals surface area contributed by atoms with Gasteiger partial charge in [-0.15, -0.1) is 0 Å². The lowest BCUT2D eigenvalue weighted by Gasteiger charge is -2.16. The van der Waals surface area contributed by atoms with Gasteiger partial charge in [0.2, 0.25) is 10.0 Å². The van der Waals surface area contributed by atoms with Crippen molar-refractivity contribution < 1.29 is 8.42 Å². The second-order valence-corrected chi connectivity index (χ2v) is 7.63. The van der Waals surface area contributed by atoms with Gasteiger partial charge in [-0.1, -0.05) is 0 Å². The maximum atomic E-state index is 12.8. The highest BCUT2D eigenvalue weighted by Crippen LogP contribution is 2.32. The summed E-state index contributed by atoms with van der Waals surface area (Å²) in [7, 11) is -3.48. The number of aromatic amines is 1. The Hall–Kier alpha value is -1.67. The topological polar surface area (TPSA) is 83.9 Å². The molecule has 1 aliphatic heterocycles. The predicted molar refractivity (Wildman–Crippen MR) is 82.1 cm³/mol. The molecule has 0 amide bonds. The molecule has 1 atom stereocenters. The first-order chi connectivity index (χ1) is 10.4. The third-order valence-corrected chi connectivity index (χ3v) is 6.37. The van der Waals surface area contributed by atoms with Crippen LogP contribution in [-0.4, -0.2) is 45.8 Å². The van der Waals surface area contributed by atoms with E-state index >= 15 is 0 Å². The van der Waals surface area contributed by atoms with Gasteiger partial charge in [0.1, 0.15) is 4.90 Å². The van der Waals surface area contributed by atoms with Gasteiger partial charge in [0.25, 0.3) is 0 Å². The molecule has 3 rings (SSSR count). The third kappa shape index (κ3) is 2.36. The molecular formula is C14H21N5O2S. The Bertz CT molecular complexity index is 777. The normalized spacial score (nSPS) is 19.9. The van der Waals surface area contributed by atoms with Crippen LogP contribution in [0.25, 0.3) is 0 Å². The molecule has 0 aromatic carbocycles. The number of hydrogen-bond acceptors (Lipinski definition) is 4. The van der Waals surface area contributed by atoms with Crippen molar-refractivity contribution in [3.8, 4) is 0 Å². The second-order valence-electron chi connectivity index (χ2n) is 5.73. The molecule has 1 N–H and O–H groups in total. The second kappa shape index (κ2) is 5.51. The molecule has 0 unspecified atom stereocenters. The van der Waals surface area contributed by atoms with Crippen molar-refractivity contribution in [1.82, 2.24) is 24.3 Å². The molecule has 1 saturated heterocycles. The molecule has 0 saturated carbocycles. The summed E-state index contributed by atoms with van der Waals surface area (Å²) in [6, 6.07) is 0. The molecule has 8 heteroatoms. The summed E-state index contributed by atoms with van der Waals surface area (Å²) in [5.74, 6) is 0.179. The zero-order valence-electron chi connectivity index (χ0n) is 13.1. The summed E-state index contributed by atoms with van der Waals surface area (Å²) in [5, 5.41) is 11.2. The van der Waals surface area contributed by atoms with Gasteiger partial charge in [-0.05, 0) is 32.8 Å². The van der Waals surface area contributed by atoms with Crippen molar-refractivity contribution in [1.29, 1.82) is 0 Å². The third-order valence-electron chi connectivity index (χ3n) is 4.40. The van der Waals surface area contributed by atoms with Crippen molar-refractivity contribution in [2.24, 2.45) is 0 Å². The molecule has 22 heavy (non-hydrogen) atoms. The van der Waals surface area contributed by atoms with E-state index in [-0.39, 0.29) is 5.92 Å². The van der Waals surface area contributed by atoms with Crippen LogP contribution in [0, 0.1) is 13.8 Å².